The van der Waals surface area contributed by atoms with E-state index in [-0.39, 0.29) is 5.91 Å². The number of carbonyl (C=O) groups is 1. The lowest BCUT2D eigenvalue weighted by atomic mass is 10.2. The molecule has 6 heteroatoms. The van der Waals surface area contributed by atoms with Crippen molar-refractivity contribution in [1.82, 2.24) is 15.1 Å². The van der Waals surface area contributed by atoms with Crippen LogP contribution in [-0.2, 0) is 6.54 Å². The highest BCUT2D eigenvalue weighted by Gasteiger charge is 2.07. The van der Waals surface area contributed by atoms with Crippen molar-refractivity contribution in [1.29, 1.82) is 0 Å². The third-order valence-electron chi connectivity index (χ3n) is 2.37. The van der Waals surface area contributed by atoms with Gasteiger partial charge in [-0.1, -0.05) is 11.6 Å². The number of rotatable bonds is 4. The lowest BCUT2D eigenvalue weighted by Crippen LogP contribution is -2.27. The first-order valence-corrected chi connectivity index (χ1v) is 6.54. The van der Waals surface area contributed by atoms with Crippen LogP contribution in [0.5, 0.6) is 0 Å². The maximum absolute atomic E-state index is 11.8. The number of nitrogens with zero attached hydrogens (tertiary/aromatic N) is 2. The third kappa shape index (κ3) is 3.34. The summed E-state index contributed by atoms with van der Waals surface area (Å²) in [5, 5.41) is 7.38. The first-order valence-electron chi connectivity index (χ1n) is 5.37. The molecule has 0 saturated carbocycles. The Bertz CT molecular complexity index is 542. The van der Waals surface area contributed by atoms with Gasteiger partial charge in [-0.2, -0.15) is 5.10 Å². The van der Waals surface area contributed by atoms with Crippen LogP contribution in [-0.4, -0.2) is 22.2 Å². The SMILES string of the molecule is O=C(NCCn1cccn1)c1ccc(Br)c(Cl)c1. The maximum Gasteiger partial charge on any atom is 0.251 e. The van der Waals surface area contributed by atoms with Gasteiger partial charge in [-0.15, -0.1) is 0 Å². The summed E-state index contributed by atoms with van der Waals surface area (Å²) in [5.41, 5.74) is 0.545. The average molecular weight is 329 g/mol. The molecule has 0 radical (unpaired) electrons. The Morgan fingerprint density at radius 1 is 1.50 bits per heavy atom. The molecular weight excluding hydrogens is 318 g/mol. The van der Waals surface area contributed by atoms with E-state index in [9.17, 15) is 4.79 Å². The molecule has 0 aliphatic heterocycles. The minimum absolute atomic E-state index is 0.142. The van der Waals surface area contributed by atoms with Crippen molar-refractivity contribution in [3.63, 3.8) is 0 Å². The predicted molar refractivity (Wildman–Crippen MR) is 73.7 cm³/mol. The summed E-state index contributed by atoms with van der Waals surface area (Å²) in [6.45, 7) is 1.16. The van der Waals surface area contributed by atoms with Crippen molar-refractivity contribution in [3.8, 4) is 0 Å². The number of aromatic nitrogens is 2. The van der Waals surface area contributed by atoms with Gasteiger partial charge < -0.3 is 5.32 Å². The molecule has 2 rings (SSSR count). The van der Waals surface area contributed by atoms with Crippen molar-refractivity contribution in [3.05, 3.63) is 51.7 Å². The molecule has 0 unspecified atom stereocenters. The standard InChI is InChI=1S/C12H11BrClN3O/c13-10-3-2-9(8-11(10)14)12(18)15-5-7-17-6-1-4-16-17/h1-4,6,8H,5,7H2,(H,15,18). The summed E-state index contributed by atoms with van der Waals surface area (Å²) >= 11 is 9.21. The van der Waals surface area contributed by atoms with E-state index in [2.05, 4.69) is 26.3 Å². The van der Waals surface area contributed by atoms with Crippen LogP contribution < -0.4 is 5.32 Å². The fraction of sp³-hybridized carbons (Fsp3) is 0.167. The van der Waals surface area contributed by atoms with Crippen LogP contribution >= 0.6 is 27.5 Å². The summed E-state index contributed by atoms with van der Waals surface area (Å²) in [4.78, 5) is 11.8. The molecule has 94 valence electrons. The maximum atomic E-state index is 11.8. The molecular formula is C12H11BrClN3O. The van der Waals surface area contributed by atoms with Crippen molar-refractivity contribution < 1.29 is 4.79 Å². The molecule has 0 saturated heterocycles. The van der Waals surface area contributed by atoms with Gasteiger partial charge in [0.15, 0.2) is 0 Å². The zero-order valence-corrected chi connectivity index (χ0v) is 11.8. The average Bonchev–Trinajstić information content (AvgIpc) is 2.85. The summed E-state index contributed by atoms with van der Waals surface area (Å²) in [6, 6.07) is 6.95. The van der Waals surface area contributed by atoms with E-state index in [4.69, 9.17) is 11.6 Å². The van der Waals surface area contributed by atoms with Gasteiger partial charge >= 0.3 is 0 Å². The second-order valence-electron chi connectivity index (χ2n) is 3.65. The van der Waals surface area contributed by atoms with Gasteiger partial charge in [0.05, 0.1) is 11.6 Å². The van der Waals surface area contributed by atoms with Gasteiger partial charge in [0.25, 0.3) is 5.91 Å². The normalized spacial score (nSPS) is 10.3. The van der Waals surface area contributed by atoms with E-state index >= 15 is 0 Å². The zero-order chi connectivity index (χ0) is 13.0. The van der Waals surface area contributed by atoms with E-state index in [0.717, 1.165) is 4.47 Å². The molecule has 4 nitrogen and oxygen atoms in total. The van der Waals surface area contributed by atoms with Gasteiger partial charge in [0.1, 0.15) is 0 Å². The van der Waals surface area contributed by atoms with Gasteiger partial charge in [-0.3, -0.25) is 9.48 Å². The monoisotopic (exact) mass is 327 g/mol. The van der Waals surface area contributed by atoms with Crippen molar-refractivity contribution in [2.75, 3.05) is 6.54 Å². The first-order chi connectivity index (χ1) is 8.66. The Morgan fingerprint density at radius 3 is 3.00 bits per heavy atom. The lowest BCUT2D eigenvalue weighted by Gasteiger charge is -2.06. The topological polar surface area (TPSA) is 46.9 Å². The van der Waals surface area contributed by atoms with Crippen molar-refractivity contribution in [2.24, 2.45) is 0 Å². The van der Waals surface area contributed by atoms with E-state index in [0.29, 0.717) is 23.7 Å². The second kappa shape index (κ2) is 6.02. The minimum atomic E-state index is -0.142. The molecule has 1 N–H and O–H groups in total. The van der Waals surface area contributed by atoms with Gasteiger partial charge in [0.2, 0.25) is 0 Å². The quantitative estimate of drug-likeness (QED) is 0.938. The van der Waals surface area contributed by atoms with E-state index in [1.807, 2.05) is 12.3 Å². The van der Waals surface area contributed by atoms with Gasteiger partial charge in [0, 0.05) is 29.0 Å². The summed E-state index contributed by atoms with van der Waals surface area (Å²) in [7, 11) is 0. The largest absolute Gasteiger partial charge is 0.350 e. The van der Waals surface area contributed by atoms with E-state index in [1.54, 1.807) is 29.1 Å². The Hall–Kier alpha value is -1.33. The number of nitrogens with one attached hydrogen (secondary N) is 1. The Kier molecular flexibility index (Phi) is 4.38. The summed E-state index contributed by atoms with van der Waals surface area (Å²) in [6.07, 6.45) is 3.55. The highest BCUT2D eigenvalue weighted by Crippen LogP contribution is 2.22. The zero-order valence-electron chi connectivity index (χ0n) is 9.44. The molecule has 1 amide bonds. The predicted octanol–water partition coefficient (Wildman–Crippen LogP) is 2.73. The highest BCUT2D eigenvalue weighted by atomic mass is 79.9. The lowest BCUT2D eigenvalue weighted by molar-refractivity contribution is 0.0952. The van der Waals surface area contributed by atoms with Crippen LogP contribution in [0.15, 0.2) is 41.1 Å². The minimum Gasteiger partial charge on any atom is -0.350 e. The highest BCUT2D eigenvalue weighted by molar-refractivity contribution is 9.10. The first kappa shape index (κ1) is 13.1. The van der Waals surface area contributed by atoms with Crippen LogP contribution in [0.3, 0.4) is 0 Å². The number of carbonyl (C=O) groups excluding carboxylic acids is 1. The molecule has 0 fully saturated rings. The van der Waals surface area contributed by atoms with Crippen LogP contribution in [0.25, 0.3) is 0 Å². The Labute approximate surface area is 118 Å². The summed E-state index contributed by atoms with van der Waals surface area (Å²) in [5.74, 6) is -0.142. The fourth-order valence-corrected chi connectivity index (χ4v) is 1.88. The van der Waals surface area contributed by atoms with Crippen molar-refractivity contribution in [2.45, 2.75) is 6.54 Å². The molecule has 0 aliphatic carbocycles. The van der Waals surface area contributed by atoms with Crippen LogP contribution in [0, 0.1) is 0 Å². The second-order valence-corrected chi connectivity index (χ2v) is 4.92. The number of hydrogen-bond acceptors (Lipinski definition) is 2. The molecule has 0 aliphatic rings. The number of hydrogen-bond donors (Lipinski definition) is 1. The third-order valence-corrected chi connectivity index (χ3v) is 3.60. The number of halogens is 2. The van der Waals surface area contributed by atoms with Crippen LogP contribution in [0.1, 0.15) is 10.4 Å². The smallest absolute Gasteiger partial charge is 0.251 e. The molecule has 1 heterocycles. The number of amides is 1. The van der Waals surface area contributed by atoms with E-state index in [1.165, 1.54) is 0 Å². The van der Waals surface area contributed by atoms with Crippen molar-refractivity contribution >= 4 is 33.4 Å². The van der Waals surface area contributed by atoms with Crippen LogP contribution in [0.4, 0.5) is 0 Å². The summed E-state index contributed by atoms with van der Waals surface area (Å²) < 4.78 is 2.53. The molecule has 2 aromatic rings. The van der Waals surface area contributed by atoms with E-state index < -0.39 is 0 Å². The Morgan fingerprint density at radius 2 is 2.33 bits per heavy atom. The van der Waals surface area contributed by atoms with Gasteiger partial charge in [-0.05, 0) is 40.2 Å². The number of benzene rings is 1. The molecule has 1 aromatic heterocycles. The molecule has 0 spiro atoms. The fourth-order valence-electron chi connectivity index (χ4n) is 1.46. The van der Waals surface area contributed by atoms with Crippen LogP contribution in [0.2, 0.25) is 5.02 Å². The molecule has 0 atom stereocenters. The molecule has 1 aromatic carbocycles. The Balaban J connectivity index is 1.89. The van der Waals surface area contributed by atoms with Gasteiger partial charge in [-0.25, -0.2) is 0 Å². The molecule has 18 heavy (non-hydrogen) atoms. The molecule has 0 bridgehead atoms.